The molecule has 0 spiro atoms. The maximum Gasteiger partial charge on any atom is 0.254 e. The van der Waals surface area contributed by atoms with Gasteiger partial charge in [0.25, 0.3) is 11.8 Å². The quantitative estimate of drug-likeness (QED) is 0.348. The zero-order chi connectivity index (χ0) is 31.7. The van der Waals surface area contributed by atoms with Gasteiger partial charge in [-0.15, -0.1) is 0 Å². The molecule has 0 heterocycles. The van der Waals surface area contributed by atoms with Crippen LogP contribution in [0.1, 0.15) is 165 Å². The van der Waals surface area contributed by atoms with Crippen LogP contribution in [0.2, 0.25) is 0 Å². The van der Waals surface area contributed by atoms with Gasteiger partial charge in [-0.25, -0.2) is 0 Å². The molecule has 0 saturated carbocycles. The second kappa shape index (κ2) is 12.3. The van der Waals surface area contributed by atoms with E-state index in [-0.39, 0.29) is 39.6 Å². The highest BCUT2D eigenvalue weighted by atomic mass is 16.2. The molecular weight excluding hydrogens is 504 g/mol. The lowest BCUT2D eigenvalue weighted by Crippen LogP contribution is -2.45. The maximum absolute atomic E-state index is 13.8. The molecule has 0 aliphatic rings. The summed E-state index contributed by atoms with van der Waals surface area (Å²) in [4.78, 5) is 28.9. The molecule has 2 aromatic carbocycles. The van der Waals surface area contributed by atoms with E-state index in [1.807, 2.05) is 44.9 Å². The Labute approximate surface area is 251 Å². The van der Waals surface area contributed by atoms with Gasteiger partial charge in [0.05, 0.1) is 0 Å². The van der Waals surface area contributed by atoms with Crippen molar-refractivity contribution in [3.63, 3.8) is 0 Å². The van der Waals surface area contributed by atoms with Crippen molar-refractivity contribution < 1.29 is 9.59 Å². The van der Waals surface area contributed by atoms with E-state index in [0.717, 1.165) is 24.0 Å². The van der Waals surface area contributed by atoms with Gasteiger partial charge in [-0.1, -0.05) is 74.4 Å². The Morgan fingerprint density at radius 3 is 1.63 bits per heavy atom. The van der Waals surface area contributed by atoms with Gasteiger partial charge in [0.2, 0.25) is 0 Å². The molecule has 0 radical (unpaired) electrons. The number of nitrogens with zero attached hydrogens (tertiary/aromatic N) is 1. The molecule has 228 valence electrons. The lowest BCUT2D eigenvalue weighted by atomic mass is 9.81. The number of rotatable bonds is 8. The molecule has 0 aliphatic heterocycles. The summed E-state index contributed by atoms with van der Waals surface area (Å²) in [6.07, 6.45) is 1.74. The van der Waals surface area contributed by atoms with Crippen molar-refractivity contribution in [1.82, 2.24) is 10.2 Å². The van der Waals surface area contributed by atoms with Crippen LogP contribution in [0.3, 0.4) is 0 Å². The van der Waals surface area contributed by atoms with Crippen LogP contribution in [0, 0.1) is 0 Å². The molecule has 0 aromatic heterocycles. The second-order valence-corrected chi connectivity index (χ2v) is 16.2. The number of hydrogen-bond acceptors (Lipinski definition) is 2. The van der Waals surface area contributed by atoms with Gasteiger partial charge in [0, 0.05) is 29.3 Å². The van der Waals surface area contributed by atoms with E-state index in [1.165, 1.54) is 16.7 Å². The number of amides is 2. The van der Waals surface area contributed by atoms with Gasteiger partial charge in [0.1, 0.15) is 0 Å². The van der Waals surface area contributed by atoms with E-state index in [4.69, 9.17) is 0 Å². The summed E-state index contributed by atoms with van der Waals surface area (Å²) in [5, 5.41) is 3.12. The number of benzene rings is 2. The first-order chi connectivity index (χ1) is 18.4. The molecule has 2 aromatic rings. The molecule has 1 N–H and O–H groups in total. The fraction of sp³-hybridized carbons (Fsp3) is 0.622. The molecule has 2 rings (SSSR count). The first-order valence-electron chi connectivity index (χ1n) is 15.3. The van der Waals surface area contributed by atoms with Crippen LogP contribution >= 0.6 is 0 Å². The number of carbonyl (C=O) groups is 2. The monoisotopic (exact) mass is 562 g/mol. The van der Waals surface area contributed by atoms with Crippen molar-refractivity contribution in [3.05, 3.63) is 69.8 Å². The van der Waals surface area contributed by atoms with Crippen molar-refractivity contribution in [2.45, 2.75) is 144 Å². The smallest absolute Gasteiger partial charge is 0.254 e. The van der Waals surface area contributed by atoms with E-state index in [1.54, 1.807) is 0 Å². The van der Waals surface area contributed by atoms with Crippen LogP contribution in [0.25, 0.3) is 0 Å². The summed E-state index contributed by atoms with van der Waals surface area (Å²) in [6, 6.07) is 12.7. The average Bonchev–Trinajstić information content (AvgIpc) is 2.83. The van der Waals surface area contributed by atoms with E-state index in [2.05, 4.69) is 106 Å². The zero-order valence-corrected chi connectivity index (χ0v) is 28.8. The first-order valence-corrected chi connectivity index (χ1v) is 15.3. The molecule has 1 atom stereocenters. The van der Waals surface area contributed by atoms with Crippen LogP contribution in [-0.2, 0) is 10.8 Å². The predicted octanol–water partition coefficient (Wildman–Crippen LogP) is 9.37. The molecule has 0 saturated heterocycles. The highest BCUT2D eigenvalue weighted by Crippen LogP contribution is 2.33. The largest absolute Gasteiger partial charge is 0.347 e. The molecule has 4 heteroatoms. The fourth-order valence-corrected chi connectivity index (χ4v) is 4.83. The van der Waals surface area contributed by atoms with Crippen LogP contribution in [-0.4, -0.2) is 34.8 Å². The van der Waals surface area contributed by atoms with Gasteiger partial charge in [-0.2, -0.15) is 0 Å². The summed E-state index contributed by atoms with van der Waals surface area (Å²) in [5.41, 5.74) is 5.44. The molecule has 2 amide bonds. The zero-order valence-electron chi connectivity index (χ0n) is 28.8. The normalized spacial score (nSPS) is 13.8. The standard InChI is InChI=1S/C37H58N2O2/c1-24(2)26-18-29(23-30(20-26)34(4,5)6)33(41)39(15)37(13,14)17-16-25(3)27-19-28(32(40)38-36(10,11)12)22-31(21-27)35(7,8)9/h18-25H,16-17H2,1-15H3,(H,38,40). The van der Waals surface area contributed by atoms with Gasteiger partial charge in [0.15, 0.2) is 0 Å². The van der Waals surface area contributed by atoms with Crippen molar-refractivity contribution in [1.29, 1.82) is 0 Å². The van der Waals surface area contributed by atoms with E-state index < -0.39 is 0 Å². The Morgan fingerprint density at radius 2 is 1.17 bits per heavy atom. The van der Waals surface area contributed by atoms with Gasteiger partial charge < -0.3 is 10.2 Å². The molecule has 0 bridgehead atoms. The minimum atomic E-state index is -0.338. The summed E-state index contributed by atoms with van der Waals surface area (Å²) >= 11 is 0. The van der Waals surface area contributed by atoms with Crippen molar-refractivity contribution in [3.8, 4) is 0 Å². The lowest BCUT2D eigenvalue weighted by Gasteiger charge is -2.37. The van der Waals surface area contributed by atoms with Crippen LogP contribution < -0.4 is 5.32 Å². The molecule has 0 fully saturated rings. The van der Waals surface area contributed by atoms with E-state index >= 15 is 0 Å². The fourth-order valence-electron chi connectivity index (χ4n) is 4.83. The highest BCUT2D eigenvalue weighted by Gasteiger charge is 2.30. The number of nitrogens with one attached hydrogen (secondary N) is 1. The second-order valence-electron chi connectivity index (χ2n) is 16.2. The highest BCUT2D eigenvalue weighted by molar-refractivity contribution is 5.95. The summed E-state index contributed by atoms with van der Waals surface area (Å²) in [5.74, 6) is 0.604. The van der Waals surface area contributed by atoms with Crippen molar-refractivity contribution in [2.24, 2.45) is 0 Å². The van der Waals surface area contributed by atoms with Crippen LogP contribution in [0.4, 0.5) is 0 Å². The molecule has 0 aliphatic carbocycles. The minimum absolute atomic E-state index is 0.0340. The van der Waals surface area contributed by atoms with Gasteiger partial charge in [-0.3, -0.25) is 9.59 Å². The Bertz CT molecular complexity index is 1230. The predicted molar refractivity (Wildman–Crippen MR) is 175 cm³/mol. The molecule has 41 heavy (non-hydrogen) atoms. The Hall–Kier alpha value is -2.62. The number of carbonyl (C=O) groups excluding carboxylic acids is 2. The van der Waals surface area contributed by atoms with Gasteiger partial charge >= 0.3 is 0 Å². The van der Waals surface area contributed by atoms with E-state index in [0.29, 0.717) is 11.5 Å². The Kier molecular flexibility index (Phi) is 10.4. The number of hydrogen-bond donors (Lipinski definition) is 1. The molecule has 4 nitrogen and oxygen atoms in total. The molecule has 1 unspecified atom stereocenters. The third-order valence-corrected chi connectivity index (χ3v) is 8.28. The van der Waals surface area contributed by atoms with Crippen LogP contribution in [0.5, 0.6) is 0 Å². The van der Waals surface area contributed by atoms with E-state index in [9.17, 15) is 9.59 Å². The maximum atomic E-state index is 13.8. The summed E-state index contributed by atoms with van der Waals surface area (Å²) in [6.45, 7) is 30.1. The third-order valence-electron chi connectivity index (χ3n) is 8.28. The summed E-state index contributed by atoms with van der Waals surface area (Å²) < 4.78 is 0. The summed E-state index contributed by atoms with van der Waals surface area (Å²) in [7, 11) is 1.93. The molecular formula is C37H58N2O2. The first kappa shape index (κ1) is 34.6. The Morgan fingerprint density at radius 1 is 0.707 bits per heavy atom. The topological polar surface area (TPSA) is 49.4 Å². The minimum Gasteiger partial charge on any atom is -0.347 e. The Balaban J connectivity index is 2.32. The SMILES string of the molecule is CC(C)c1cc(C(=O)N(C)C(C)(C)CCC(C)c2cc(C(=O)NC(C)(C)C)cc(C(C)(C)C)c2)cc(C(C)(C)C)c1. The third kappa shape index (κ3) is 9.45. The van der Waals surface area contributed by atoms with Crippen molar-refractivity contribution >= 4 is 11.8 Å². The lowest BCUT2D eigenvalue weighted by molar-refractivity contribution is 0.0604. The average molecular weight is 563 g/mol. The van der Waals surface area contributed by atoms with Crippen LogP contribution in [0.15, 0.2) is 36.4 Å². The van der Waals surface area contributed by atoms with Crippen molar-refractivity contribution in [2.75, 3.05) is 7.05 Å². The van der Waals surface area contributed by atoms with Gasteiger partial charge in [-0.05, 0) is 117 Å².